The second-order valence-corrected chi connectivity index (χ2v) is 6.27. The van der Waals surface area contributed by atoms with Gasteiger partial charge in [0.2, 0.25) is 12.8 Å². The van der Waals surface area contributed by atoms with Crippen LogP contribution in [-0.4, -0.2) is 35.8 Å². The Kier molecular flexibility index (Phi) is 4.67. The Morgan fingerprint density at radius 1 is 1.14 bits per heavy atom. The predicted octanol–water partition coefficient (Wildman–Crippen LogP) is 1.53. The minimum atomic E-state index is -1.07. The molecule has 1 amide bonds. The number of aliphatic carboxylic acids is 1. The van der Waals surface area contributed by atoms with Crippen molar-refractivity contribution in [3.8, 4) is 11.5 Å². The number of amides is 1. The largest absolute Gasteiger partial charge is 0.480 e. The molecule has 0 aromatic heterocycles. The number of nitrogens with zero attached hydrogens (tertiary/aromatic N) is 1. The fourth-order valence-corrected chi connectivity index (χ4v) is 2.91. The Morgan fingerprint density at radius 3 is 2.71 bits per heavy atom. The SMILES string of the molecule is O=C1NC(=N[C@H](Cc2ccccc2)C(=O)O)N/C1=C\c1ccc2c(c1)OCO2. The van der Waals surface area contributed by atoms with Crippen molar-refractivity contribution in [3.63, 3.8) is 0 Å². The number of carboxylic acids is 1. The lowest BCUT2D eigenvalue weighted by Gasteiger charge is -2.09. The summed E-state index contributed by atoms with van der Waals surface area (Å²) in [6.07, 6.45) is 1.85. The standard InChI is InChI=1S/C20H17N3O5/c24-18-14(9-13-6-7-16-17(10-13)28-11-27-16)21-20(23-18)22-15(19(25)26)8-12-4-2-1-3-5-12/h1-7,9-10,15H,8,11H2,(H,25,26)(H2,21,22,23,24)/b14-9-/t15-/m1/s1. The molecule has 2 aliphatic heterocycles. The second-order valence-electron chi connectivity index (χ2n) is 6.27. The van der Waals surface area contributed by atoms with Crippen LogP contribution in [0.5, 0.6) is 11.5 Å². The summed E-state index contributed by atoms with van der Waals surface area (Å²) in [6, 6.07) is 13.5. The van der Waals surface area contributed by atoms with Crippen LogP contribution in [0.2, 0.25) is 0 Å². The zero-order valence-corrected chi connectivity index (χ0v) is 14.7. The van der Waals surface area contributed by atoms with E-state index in [1.807, 2.05) is 30.3 Å². The van der Waals surface area contributed by atoms with Crippen LogP contribution in [0.3, 0.4) is 0 Å². The lowest BCUT2D eigenvalue weighted by molar-refractivity contribution is -0.138. The number of guanidine groups is 1. The van der Waals surface area contributed by atoms with Gasteiger partial charge in [0.25, 0.3) is 5.91 Å². The Labute approximate surface area is 160 Å². The molecule has 3 N–H and O–H groups in total. The van der Waals surface area contributed by atoms with E-state index in [4.69, 9.17) is 9.47 Å². The van der Waals surface area contributed by atoms with Crippen LogP contribution in [0.1, 0.15) is 11.1 Å². The molecule has 2 aromatic carbocycles. The van der Waals surface area contributed by atoms with Crippen molar-refractivity contribution >= 4 is 23.9 Å². The molecule has 0 radical (unpaired) electrons. The quantitative estimate of drug-likeness (QED) is 0.680. The first kappa shape index (κ1) is 17.6. The van der Waals surface area contributed by atoms with Crippen LogP contribution in [0.25, 0.3) is 6.08 Å². The normalized spacial score (nSPS) is 18.8. The van der Waals surface area contributed by atoms with E-state index in [1.54, 1.807) is 24.3 Å². The van der Waals surface area contributed by atoms with E-state index in [9.17, 15) is 14.7 Å². The van der Waals surface area contributed by atoms with Crippen LogP contribution in [-0.2, 0) is 16.0 Å². The van der Waals surface area contributed by atoms with Crippen molar-refractivity contribution in [1.82, 2.24) is 10.6 Å². The fraction of sp³-hybridized carbons (Fsp3) is 0.150. The fourth-order valence-electron chi connectivity index (χ4n) is 2.91. The van der Waals surface area contributed by atoms with Gasteiger partial charge in [0.15, 0.2) is 17.5 Å². The molecule has 8 heteroatoms. The molecule has 0 saturated carbocycles. The number of carboxylic acid groups (broad SMARTS) is 1. The summed E-state index contributed by atoms with van der Waals surface area (Å²) in [4.78, 5) is 27.9. The third-order valence-corrected chi connectivity index (χ3v) is 4.28. The van der Waals surface area contributed by atoms with Crippen LogP contribution in [0.4, 0.5) is 0 Å². The first-order valence-electron chi connectivity index (χ1n) is 8.63. The van der Waals surface area contributed by atoms with E-state index in [1.165, 1.54) is 0 Å². The maximum Gasteiger partial charge on any atom is 0.328 e. The lowest BCUT2D eigenvalue weighted by Crippen LogP contribution is -2.31. The van der Waals surface area contributed by atoms with E-state index < -0.39 is 12.0 Å². The number of benzene rings is 2. The Hall–Kier alpha value is -3.81. The van der Waals surface area contributed by atoms with E-state index >= 15 is 0 Å². The zero-order valence-electron chi connectivity index (χ0n) is 14.7. The lowest BCUT2D eigenvalue weighted by atomic mass is 10.1. The molecule has 1 atom stereocenters. The topological polar surface area (TPSA) is 109 Å². The van der Waals surface area contributed by atoms with E-state index in [-0.39, 0.29) is 30.8 Å². The average Bonchev–Trinajstić information content (AvgIpc) is 3.28. The highest BCUT2D eigenvalue weighted by Gasteiger charge is 2.25. The first-order chi connectivity index (χ1) is 13.6. The summed E-state index contributed by atoms with van der Waals surface area (Å²) in [5, 5.41) is 14.9. The molecule has 8 nitrogen and oxygen atoms in total. The van der Waals surface area contributed by atoms with Gasteiger partial charge in [-0.3, -0.25) is 10.1 Å². The van der Waals surface area contributed by atoms with Crippen molar-refractivity contribution in [1.29, 1.82) is 0 Å². The molecule has 1 saturated heterocycles. The van der Waals surface area contributed by atoms with Crippen molar-refractivity contribution in [3.05, 3.63) is 65.4 Å². The molecule has 2 aromatic rings. The van der Waals surface area contributed by atoms with E-state index in [0.29, 0.717) is 11.5 Å². The maximum atomic E-state index is 12.2. The summed E-state index contributed by atoms with van der Waals surface area (Å²) in [5.74, 6) is -0.0879. The summed E-state index contributed by atoms with van der Waals surface area (Å²) in [6.45, 7) is 0.170. The molecule has 2 heterocycles. The number of nitrogens with one attached hydrogen (secondary N) is 2. The van der Waals surface area contributed by atoms with Gasteiger partial charge in [-0.25, -0.2) is 9.79 Å². The minimum Gasteiger partial charge on any atom is -0.480 e. The maximum absolute atomic E-state index is 12.2. The monoisotopic (exact) mass is 379 g/mol. The van der Waals surface area contributed by atoms with Crippen LogP contribution >= 0.6 is 0 Å². The van der Waals surface area contributed by atoms with Crippen molar-refractivity contribution in [2.75, 3.05) is 6.79 Å². The highest BCUT2D eigenvalue weighted by molar-refractivity contribution is 6.15. The Morgan fingerprint density at radius 2 is 1.93 bits per heavy atom. The molecule has 4 rings (SSSR count). The van der Waals surface area contributed by atoms with Gasteiger partial charge in [-0.05, 0) is 29.3 Å². The molecule has 1 fully saturated rings. The third kappa shape index (κ3) is 3.80. The van der Waals surface area contributed by atoms with Gasteiger partial charge in [0.05, 0.1) is 0 Å². The molecule has 0 bridgehead atoms. The van der Waals surface area contributed by atoms with Crippen LogP contribution in [0, 0.1) is 0 Å². The number of carbonyl (C=O) groups excluding carboxylic acids is 1. The summed E-state index contributed by atoms with van der Waals surface area (Å²) < 4.78 is 10.6. The van der Waals surface area contributed by atoms with Gasteiger partial charge in [0, 0.05) is 6.42 Å². The average molecular weight is 379 g/mol. The molecule has 142 valence electrons. The molecule has 0 aliphatic carbocycles. The van der Waals surface area contributed by atoms with Gasteiger partial charge in [0.1, 0.15) is 5.70 Å². The van der Waals surface area contributed by atoms with Crippen LogP contribution in [0.15, 0.2) is 59.2 Å². The number of fused-ring (bicyclic) bond motifs is 1. The number of rotatable bonds is 5. The molecule has 0 unspecified atom stereocenters. The minimum absolute atomic E-state index is 0.111. The Bertz CT molecular complexity index is 985. The Balaban J connectivity index is 1.52. The highest BCUT2D eigenvalue weighted by atomic mass is 16.7. The molecule has 0 spiro atoms. The summed E-state index contributed by atoms with van der Waals surface area (Å²) in [7, 11) is 0. The molecular formula is C20H17N3O5. The highest BCUT2D eigenvalue weighted by Crippen LogP contribution is 2.33. The summed E-state index contributed by atoms with van der Waals surface area (Å²) in [5.41, 5.74) is 1.85. The molecule has 28 heavy (non-hydrogen) atoms. The third-order valence-electron chi connectivity index (χ3n) is 4.28. The molecular weight excluding hydrogens is 362 g/mol. The van der Waals surface area contributed by atoms with Crippen LogP contribution < -0.4 is 20.1 Å². The first-order valence-corrected chi connectivity index (χ1v) is 8.63. The smallest absolute Gasteiger partial charge is 0.328 e. The van der Waals surface area contributed by atoms with E-state index in [2.05, 4.69) is 15.6 Å². The zero-order chi connectivity index (χ0) is 19.5. The second kappa shape index (κ2) is 7.43. The van der Waals surface area contributed by atoms with Gasteiger partial charge in [-0.1, -0.05) is 36.4 Å². The summed E-state index contributed by atoms with van der Waals surface area (Å²) >= 11 is 0. The number of hydrogen-bond acceptors (Lipinski definition) is 5. The van der Waals surface area contributed by atoms with Gasteiger partial charge in [-0.15, -0.1) is 0 Å². The van der Waals surface area contributed by atoms with Gasteiger partial charge >= 0.3 is 5.97 Å². The van der Waals surface area contributed by atoms with Gasteiger partial charge in [-0.2, -0.15) is 0 Å². The van der Waals surface area contributed by atoms with Crippen molar-refractivity contribution < 1.29 is 24.2 Å². The number of hydrogen-bond donors (Lipinski definition) is 3. The van der Waals surface area contributed by atoms with Crippen molar-refractivity contribution in [2.45, 2.75) is 12.5 Å². The molecule has 2 aliphatic rings. The number of carbonyl (C=O) groups is 2. The number of ether oxygens (including phenoxy) is 2. The van der Waals surface area contributed by atoms with Crippen molar-refractivity contribution in [2.24, 2.45) is 4.99 Å². The van der Waals surface area contributed by atoms with Gasteiger partial charge < -0.3 is 19.9 Å². The number of aliphatic imine (C=N–C) groups is 1. The predicted molar refractivity (Wildman–Crippen MR) is 101 cm³/mol. The van der Waals surface area contributed by atoms with E-state index in [0.717, 1.165) is 11.1 Å².